The van der Waals surface area contributed by atoms with Crippen LogP contribution in [0.2, 0.25) is 0 Å². The fourth-order valence-electron chi connectivity index (χ4n) is 1.66. The van der Waals surface area contributed by atoms with Crippen LogP contribution in [0.1, 0.15) is 39.7 Å². The molecule has 0 radical (unpaired) electrons. The molecule has 0 aliphatic rings. The van der Waals surface area contributed by atoms with Crippen molar-refractivity contribution in [3.8, 4) is 0 Å². The molecule has 5 heteroatoms. The van der Waals surface area contributed by atoms with Gasteiger partial charge in [-0.3, -0.25) is 9.59 Å². The van der Waals surface area contributed by atoms with Crippen molar-refractivity contribution in [2.75, 3.05) is 5.32 Å². The maximum absolute atomic E-state index is 12.4. The molecule has 1 aromatic carbocycles. The Labute approximate surface area is 134 Å². The number of anilines is 1. The predicted octanol–water partition coefficient (Wildman–Crippen LogP) is 3.64. The Morgan fingerprint density at radius 1 is 1.29 bits per heavy atom. The number of carbonyl (C=O) groups is 2. The van der Waals surface area contributed by atoms with Crippen LogP contribution < -0.4 is 10.6 Å². The van der Waals surface area contributed by atoms with Gasteiger partial charge in [0.05, 0.1) is 0 Å². The van der Waals surface area contributed by atoms with Gasteiger partial charge in [-0.2, -0.15) is 0 Å². The highest BCUT2D eigenvalue weighted by atomic mass is 79.9. The van der Waals surface area contributed by atoms with Crippen molar-refractivity contribution in [3.63, 3.8) is 0 Å². The van der Waals surface area contributed by atoms with Crippen LogP contribution in [0.25, 0.3) is 0 Å². The molecular formula is C16H23BrN2O2. The first-order valence-corrected chi connectivity index (χ1v) is 7.86. The van der Waals surface area contributed by atoms with Gasteiger partial charge in [-0.1, -0.05) is 22.9 Å². The summed E-state index contributed by atoms with van der Waals surface area (Å²) in [5, 5.41) is 5.68. The molecule has 0 spiro atoms. The quantitative estimate of drug-likeness (QED) is 0.793. The van der Waals surface area contributed by atoms with Crippen LogP contribution >= 0.6 is 15.9 Å². The Hall–Kier alpha value is -1.36. The van der Waals surface area contributed by atoms with Crippen molar-refractivity contribution >= 4 is 33.4 Å². The second kappa shape index (κ2) is 7.07. The molecule has 0 heterocycles. The van der Waals surface area contributed by atoms with E-state index in [0.717, 1.165) is 16.5 Å². The van der Waals surface area contributed by atoms with Gasteiger partial charge in [0, 0.05) is 16.2 Å². The van der Waals surface area contributed by atoms with Crippen LogP contribution in [-0.4, -0.2) is 17.9 Å². The minimum Gasteiger partial charge on any atom is -0.353 e. The van der Waals surface area contributed by atoms with E-state index >= 15 is 0 Å². The summed E-state index contributed by atoms with van der Waals surface area (Å²) in [7, 11) is 0. The summed E-state index contributed by atoms with van der Waals surface area (Å²) in [6.45, 7) is 9.09. The Kier molecular flexibility index (Phi) is 5.96. The highest BCUT2D eigenvalue weighted by Gasteiger charge is 2.36. The largest absolute Gasteiger partial charge is 0.353 e. The summed E-state index contributed by atoms with van der Waals surface area (Å²) in [6, 6.07) is 5.65. The van der Waals surface area contributed by atoms with Crippen LogP contribution in [0, 0.1) is 12.3 Å². The van der Waals surface area contributed by atoms with Crippen LogP contribution in [0.4, 0.5) is 5.69 Å². The number of amides is 2. The SMILES string of the molecule is CCC(C)NC(=O)C(C)(C)C(=O)Nc1ccc(Br)cc1C. The molecule has 116 valence electrons. The molecule has 0 aromatic heterocycles. The van der Waals surface area contributed by atoms with Gasteiger partial charge in [-0.15, -0.1) is 0 Å². The van der Waals surface area contributed by atoms with Gasteiger partial charge in [0.1, 0.15) is 5.41 Å². The van der Waals surface area contributed by atoms with Gasteiger partial charge in [0.2, 0.25) is 11.8 Å². The molecule has 1 rings (SSSR count). The predicted molar refractivity (Wildman–Crippen MR) is 89.2 cm³/mol. The average Bonchev–Trinajstić information content (AvgIpc) is 2.41. The molecule has 21 heavy (non-hydrogen) atoms. The van der Waals surface area contributed by atoms with E-state index in [4.69, 9.17) is 0 Å². The van der Waals surface area contributed by atoms with Gasteiger partial charge in [-0.25, -0.2) is 0 Å². The maximum atomic E-state index is 12.4. The van der Waals surface area contributed by atoms with E-state index in [2.05, 4.69) is 26.6 Å². The summed E-state index contributed by atoms with van der Waals surface area (Å²) < 4.78 is 0.951. The molecule has 2 amide bonds. The van der Waals surface area contributed by atoms with Gasteiger partial charge >= 0.3 is 0 Å². The van der Waals surface area contributed by atoms with Crippen LogP contribution in [-0.2, 0) is 9.59 Å². The summed E-state index contributed by atoms with van der Waals surface area (Å²) in [5.74, 6) is -0.571. The number of rotatable bonds is 5. The van der Waals surface area contributed by atoms with Crippen molar-refractivity contribution in [3.05, 3.63) is 28.2 Å². The van der Waals surface area contributed by atoms with Gasteiger partial charge < -0.3 is 10.6 Å². The van der Waals surface area contributed by atoms with E-state index in [1.807, 2.05) is 39.0 Å². The zero-order valence-electron chi connectivity index (χ0n) is 13.2. The van der Waals surface area contributed by atoms with E-state index < -0.39 is 5.41 Å². The van der Waals surface area contributed by atoms with Crippen LogP contribution in [0.3, 0.4) is 0 Å². The summed E-state index contributed by atoms with van der Waals surface area (Å²) in [5.41, 5.74) is 0.534. The molecule has 4 nitrogen and oxygen atoms in total. The standard InChI is InChI=1S/C16H23BrN2O2/c1-6-11(3)18-14(20)16(4,5)15(21)19-13-8-7-12(17)9-10(13)2/h7-9,11H,6H2,1-5H3,(H,18,20)(H,19,21). The highest BCUT2D eigenvalue weighted by molar-refractivity contribution is 9.10. The molecule has 1 atom stereocenters. The molecule has 0 fully saturated rings. The van der Waals surface area contributed by atoms with Crippen LogP contribution in [0.15, 0.2) is 22.7 Å². The first-order valence-electron chi connectivity index (χ1n) is 7.07. The second-order valence-electron chi connectivity index (χ2n) is 5.82. The molecule has 0 aliphatic carbocycles. The number of benzene rings is 1. The van der Waals surface area contributed by atoms with E-state index in [1.165, 1.54) is 0 Å². The lowest BCUT2D eigenvalue weighted by Crippen LogP contribution is -2.47. The molecule has 0 aliphatic heterocycles. The zero-order chi connectivity index (χ0) is 16.2. The van der Waals surface area contributed by atoms with E-state index in [-0.39, 0.29) is 17.9 Å². The lowest BCUT2D eigenvalue weighted by Gasteiger charge is -2.25. The number of halogens is 1. The first kappa shape index (κ1) is 17.7. The normalized spacial score (nSPS) is 12.7. The molecule has 0 saturated heterocycles. The summed E-state index contributed by atoms with van der Waals surface area (Å²) >= 11 is 3.38. The molecular weight excluding hydrogens is 332 g/mol. The highest BCUT2D eigenvalue weighted by Crippen LogP contribution is 2.24. The zero-order valence-corrected chi connectivity index (χ0v) is 14.8. The maximum Gasteiger partial charge on any atom is 0.239 e. The van der Waals surface area contributed by atoms with Crippen molar-refractivity contribution in [2.24, 2.45) is 5.41 Å². The molecule has 2 N–H and O–H groups in total. The minimum atomic E-state index is -1.12. The van der Waals surface area contributed by atoms with Crippen molar-refractivity contribution in [1.82, 2.24) is 5.32 Å². The van der Waals surface area contributed by atoms with Crippen molar-refractivity contribution in [1.29, 1.82) is 0 Å². The molecule has 0 saturated carbocycles. The summed E-state index contributed by atoms with van der Waals surface area (Å²) in [6.07, 6.45) is 0.829. The van der Waals surface area contributed by atoms with Gasteiger partial charge in [0.15, 0.2) is 0 Å². The topological polar surface area (TPSA) is 58.2 Å². The third-order valence-corrected chi connectivity index (χ3v) is 4.06. The van der Waals surface area contributed by atoms with Gasteiger partial charge in [-0.05, 0) is 57.9 Å². The number of hydrogen-bond donors (Lipinski definition) is 2. The van der Waals surface area contributed by atoms with E-state index in [9.17, 15) is 9.59 Å². The first-order chi connectivity index (χ1) is 9.68. The summed E-state index contributed by atoms with van der Waals surface area (Å²) in [4.78, 5) is 24.6. The third-order valence-electron chi connectivity index (χ3n) is 3.56. The third kappa shape index (κ3) is 4.56. The minimum absolute atomic E-state index is 0.0546. The monoisotopic (exact) mass is 354 g/mol. The number of hydrogen-bond acceptors (Lipinski definition) is 2. The van der Waals surface area contributed by atoms with Crippen molar-refractivity contribution < 1.29 is 9.59 Å². The molecule has 1 aromatic rings. The number of aryl methyl sites for hydroxylation is 1. The Balaban J connectivity index is 2.83. The lowest BCUT2D eigenvalue weighted by atomic mass is 9.90. The number of carbonyl (C=O) groups excluding carboxylic acids is 2. The fraction of sp³-hybridized carbons (Fsp3) is 0.500. The van der Waals surface area contributed by atoms with Crippen LogP contribution in [0.5, 0.6) is 0 Å². The van der Waals surface area contributed by atoms with E-state index in [1.54, 1.807) is 13.8 Å². The Morgan fingerprint density at radius 3 is 2.43 bits per heavy atom. The second-order valence-corrected chi connectivity index (χ2v) is 6.74. The fourth-order valence-corrected chi connectivity index (χ4v) is 2.13. The smallest absolute Gasteiger partial charge is 0.239 e. The Morgan fingerprint density at radius 2 is 1.90 bits per heavy atom. The lowest BCUT2D eigenvalue weighted by molar-refractivity contribution is -0.138. The number of nitrogens with one attached hydrogen (secondary N) is 2. The molecule has 0 bridgehead atoms. The Bertz CT molecular complexity index is 541. The molecule has 1 unspecified atom stereocenters. The van der Waals surface area contributed by atoms with Crippen molar-refractivity contribution in [2.45, 2.75) is 47.1 Å². The average molecular weight is 355 g/mol. The van der Waals surface area contributed by atoms with E-state index in [0.29, 0.717) is 5.69 Å². The van der Waals surface area contributed by atoms with Gasteiger partial charge in [0.25, 0.3) is 0 Å².